The van der Waals surface area contributed by atoms with E-state index in [4.69, 9.17) is 21.7 Å². The van der Waals surface area contributed by atoms with Crippen LogP contribution in [0.2, 0.25) is 0 Å². The van der Waals surface area contributed by atoms with E-state index >= 15 is 0 Å². The summed E-state index contributed by atoms with van der Waals surface area (Å²) in [5.41, 5.74) is 0.967. The number of aldehydes is 1. The molecule has 0 radical (unpaired) electrons. The van der Waals surface area contributed by atoms with E-state index < -0.39 is 0 Å². The van der Waals surface area contributed by atoms with Gasteiger partial charge in [-0.3, -0.25) is 0 Å². The summed E-state index contributed by atoms with van der Waals surface area (Å²) in [5, 5.41) is 0. The quantitative estimate of drug-likeness (QED) is 0.332. The molecular formula is C15H22O3S. The lowest BCUT2D eigenvalue weighted by Crippen LogP contribution is -2.11. The lowest BCUT2D eigenvalue weighted by molar-refractivity contribution is -0.123. The molecule has 0 aliphatic carbocycles. The first-order chi connectivity index (χ1) is 9.15. The molecule has 0 aliphatic rings. The van der Waals surface area contributed by atoms with E-state index in [2.05, 4.69) is 0 Å². The summed E-state index contributed by atoms with van der Waals surface area (Å²) in [5.74, 6) is 0. The van der Waals surface area contributed by atoms with Crippen LogP contribution in [-0.4, -0.2) is 30.7 Å². The first kappa shape index (κ1) is 17.9. The van der Waals surface area contributed by atoms with E-state index in [9.17, 15) is 4.79 Å². The van der Waals surface area contributed by atoms with Crippen LogP contribution in [0.3, 0.4) is 0 Å². The summed E-state index contributed by atoms with van der Waals surface area (Å²) in [6.07, 6.45) is 1.14. The minimum atomic E-state index is -0.0370. The predicted molar refractivity (Wildman–Crippen MR) is 81.5 cm³/mol. The van der Waals surface area contributed by atoms with Crippen LogP contribution in [0.15, 0.2) is 30.3 Å². The molecule has 4 heteroatoms. The van der Waals surface area contributed by atoms with Crippen LogP contribution in [0.4, 0.5) is 0 Å². The average Bonchev–Trinajstić information content (AvgIpc) is 2.41. The topological polar surface area (TPSA) is 35.5 Å². The lowest BCUT2D eigenvalue weighted by atomic mass is 10.1. The van der Waals surface area contributed by atoms with Gasteiger partial charge in [-0.15, -0.1) is 0 Å². The maximum Gasteiger partial charge on any atom is 0.154 e. The number of ether oxygens (including phenoxy) is 2. The normalized spacial score (nSPS) is 9.68. The number of rotatable bonds is 7. The summed E-state index contributed by atoms with van der Waals surface area (Å²) in [4.78, 5) is 10.8. The SMILES string of the molecule is CCOC(C)OCC.O=CCC(=S)c1ccccc1. The van der Waals surface area contributed by atoms with E-state index in [1.165, 1.54) is 0 Å². The molecule has 0 aromatic heterocycles. The van der Waals surface area contributed by atoms with Crippen molar-refractivity contribution in [1.82, 2.24) is 0 Å². The van der Waals surface area contributed by atoms with Gasteiger partial charge in [-0.05, 0) is 26.3 Å². The highest BCUT2D eigenvalue weighted by molar-refractivity contribution is 7.80. The Kier molecular flexibility index (Phi) is 11.3. The van der Waals surface area contributed by atoms with Crippen molar-refractivity contribution in [3.05, 3.63) is 35.9 Å². The summed E-state index contributed by atoms with van der Waals surface area (Å²) < 4.78 is 10.1. The van der Waals surface area contributed by atoms with Crippen LogP contribution in [0, 0.1) is 0 Å². The average molecular weight is 282 g/mol. The lowest BCUT2D eigenvalue weighted by Gasteiger charge is -2.09. The van der Waals surface area contributed by atoms with Crippen molar-refractivity contribution < 1.29 is 14.3 Å². The number of carbonyl (C=O) groups excluding carboxylic acids is 1. The third-order valence-corrected chi connectivity index (χ3v) is 2.57. The Hall–Kier alpha value is -1.10. The Morgan fingerprint density at radius 2 is 1.74 bits per heavy atom. The molecule has 0 spiro atoms. The number of hydrogen-bond donors (Lipinski definition) is 0. The molecule has 19 heavy (non-hydrogen) atoms. The van der Waals surface area contributed by atoms with E-state index in [1.54, 1.807) is 0 Å². The Morgan fingerprint density at radius 3 is 2.16 bits per heavy atom. The number of thiocarbonyl (C=S) groups is 1. The van der Waals surface area contributed by atoms with Crippen LogP contribution in [-0.2, 0) is 14.3 Å². The van der Waals surface area contributed by atoms with Gasteiger partial charge in [0.15, 0.2) is 6.29 Å². The third kappa shape index (κ3) is 9.47. The molecule has 3 nitrogen and oxygen atoms in total. The van der Waals surface area contributed by atoms with Gasteiger partial charge in [0, 0.05) is 24.5 Å². The summed E-state index contributed by atoms with van der Waals surface area (Å²) >= 11 is 4.99. The molecule has 1 rings (SSSR count). The van der Waals surface area contributed by atoms with Crippen molar-refractivity contribution in [2.24, 2.45) is 0 Å². The molecule has 0 fully saturated rings. The smallest absolute Gasteiger partial charge is 0.154 e. The zero-order chi connectivity index (χ0) is 14.5. The Morgan fingerprint density at radius 1 is 1.21 bits per heavy atom. The molecule has 106 valence electrons. The molecule has 0 aliphatic heterocycles. The van der Waals surface area contributed by atoms with Crippen LogP contribution in [0.1, 0.15) is 32.8 Å². The Bertz CT molecular complexity index is 346. The van der Waals surface area contributed by atoms with Crippen molar-refractivity contribution in [1.29, 1.82) is 0 Å². The molecule has 0 N–H and O–H groups in total. The molecule has 0 saturated heterocycles. The summed E-state index contributed by atoms with van der Waals surface area (Å²) in [7, 11) is 0. The fourth-order valence-electron chi connectivity index (χ4n) is 1.34. The number of hydrogen-bond acceptors (Lipinski definition) is 4. The summed E-state index contributed by atoms with van der Waals surface area (Å²) in [6.45, 7) is 7.25. The maximum atomic E-state index is 10.1. The van der Waals surface area contributed by atoms with Gasteiger partial charge in [0.05, 0.1) is 0 Å². The first-order valence-corrected chi connectivity index (χ1v) is 6.81. The minimum Gasteiger partial charge on any atom is -0.353 e. The third-order valence-electron chi connectivity index (χ3n) is 2.17. The molecule has 0 atom stereocenters. The van der Waals surface area contributed by atoms with Gasteiger partial charge in [0.1, 0.15) is 6.29 Å². The highest BCUT2D eigenvalue weighted by Crippen LogP contribution is 2.02. The fraction of sp³-hybridized carbons (Fsp3) is 0.467. The highest BCUT2D eigenvalue weighted by atomic mass is 32.1. The van der Waals surface area contributed by atoms with E-state index in [1.807, 2.05) is 51.1 Å². The van der Waals surface area contributed by atoms with Crippen LogP contribution in [0.5, 0.6) is 0 Å². The van der Waals surface area contributed by atoms with Gasteiger partial charge in [0.25, 0.3) is 0 Å². The van der Waals surface area contributed by atoms with Crippen molar-refractivity contribution >= 4 is 23.4 Å². The highest BCUT2D eigenvalue weighted by Gasteiger charge is 1.97. The number of benzene rings is 1. The molecule has 0 bridgehead atoms. The Labute approximate surface area is 120 Å². The van der Waals surface area contributed by atoms with Gasteiger partial charge in [-0.25, -0.2) is 0 Å². The van der Waals surface area contributed by atoms with Gasteiger partial charge in [-0.1, -0.05) is 42.5 Å². The molecular weight excluding hydrogens is 260 g/mol. The molecule has 0 unspecified atom stereocenters. The fourth-order valence-corrected chi connectivity index (χ4v) is 1.54. The zero-order valence-corrected chi connectivity index (χ0v) is 12.6. The molecule has 1 aromatic rings. The molecule has 0 saturated carbocycles. The monoisotopic (exact) mass is 282 g/mol. The number of carbonyl (C=O) groups is 1. The zero-order valence-electron chi connectivity index (χ0n) is 11.8. The standard InChI is InChI=1S/C9H8OS.C6H14O2/c10-7-6-9(11)8-4-2-1-3-5-8;1-4-7-6(3)8-5-2/h1-5,7H,6H2;6H,4-5H2,1-3H3. The largest absolute Gasteiger partial charge is 0.353 e. The molecule has 0 heterocycles. The van der Waals surface area contributed by atoms with Gasteiger partial charge >= 0.3 is 0 Å². The van der Waals surface area contributed by atoms with E-state index in [0.29, 0.717) is 11.3 Å². The van der Waals surface area contributed by atoms with Crippen LogP contribution < -0.4 is 0 Å². The van der Waals surface area contributed by atoms with Gasteiger partial charge in [-0.2, -0.15) is 0 Å². The van der Waals surface area contributed by atoms with Gasteiger partial charge in [0.2, 0.25) is 0 Å². The molecule has 1 aromatic carbocycles. The van der Waals surface area contributed by atoms with Crippen molar-refractivity contribution in [2.75, 3.05) is 13.2 Å². The van der Waals surface area contributed by atoms with Crippen LogP contribution >= 0.6 is 12.2 Å². The second kappa shape index (κ2) is 12.0. The predicted octanol–water partition coefficient (Wildman–Crippen LogP) is 3.40. The van der Waals surface area contributed by atoms with Crippen molar-refractivity contribution in [3.63, 3.8) is 0 Å². The van der Waals surface area contributed by atoms with Crippen molar-refractivity contribution in [2.45, 2.75) is 33.5 Å². The second-order valence-electron chi connectivity index (χ2n) is 3.64. The van der Waals surface area contributed by atoms with E-state index in [-0.39, 0.29) is 6.29 Å². The maximum absolute atomic E-state index is 10.1. The first-order valence-electron chi connectivity index (χ1n) is 6.40. The van der Waals surface area contributed by atoms with Gasteiger partial charge < -0.3 is 14.3 Å². The molecule has 0 amide bonds. The van der Waals surface area contributed by atoms with E-state index in [0.717, 1.165) is 25.1 Å². The van der Waals surface area contributed by atoms with Crippen LogP contribution in [0.25, 0.3) is 0 Å². The minimum absolute atomic E-state index is 0.0370. The van der Waals surface area contributed by atoms with Crippen molar-refractivity contribution in [3.8, 4) is 0 Å². The Balaban J connectivity index is 0.000000362. The summed E-state index contributed by atoms with van der Waals surface area (Å²) in [6, 6.07) is 9.56. The second-order valence-corrected chi connectivity index (χ2v) is 4.13.